The fraction of sp³-hybridized carbons (Fsp3) is 0.267. The van der Waals surface area contributed by atoms with E-state index in [9.17, 15) is 8.42 Å². The number of benzene rings is 1. The summed E-state index contributed by atoms with van der Waals surface area (Å²) >= 11 is 1.61. The maximum absolute atomic E-state index is 12.3. The minimum Gasteiger partial charge on any atom is -0.256 e. The van der Waals surface area contributed by atoms with Crippen molar-refractivity contribution in [2.45, 2.75) is 18.7 Å². The van der Waals surface area contributed by atoms with Crippen LogP contribution in [0, 0.1) is 0 Å². The molecule has 0 fully saturated rings. The molecule has 1 aromatic carbocycles. The Morgan fingerprint density at radius 3 is 2.33 bits per heavy atom. The Balaban J connectivity index is 2.19. The van der Waals surface area contributed by atoms with Crippen molar-refractivity contribution < 1.29 is 8.42 Å². The van der Waals surface area contributed by atoms with E-state index in [0.717, 1.165) is 11.3 Å². The maximum atomic E-state index is 12.3. The van der Waals surface area contributed by atoms with E-state index in [1.54, 1.807) is 41.8 Å². The molecular weight excluding hydrogens is 304 g/mol. The number of hydrogen-bond acceptors (Lipinski definition) is 4. The number of sulfonamides is 1. The molecule has 0 unspecified atom stereocenters. The third kappa shape index (κ3) is 3.78. The van der Waals surface area contributed by atoms with Gasteiger partial charge < -0.3 is 0 Å². The summed E-state index contributed by atoms with van der Waals surface area (Å²) in [6, 6.07) is 8.63. The Bertz CT molecular complexity index is 686. The normalized spacial score (nSPS) is 12.3. The van der Waals surface area contributed by atoms with Crippen molar-refractivity contribution in [2.75, 3.05) is 13.1 Å². The van der Waals surface area contributed by atoms with Crippen LogP contribution in [-0.2, 0) is 10.0 Å². The van der Waals surface area contributed by atoms with E-state index in [2.05, 4.69) is 4.99 Å². The summed E-state index contributed by atoms with van der Waals surface area (Å²) in [6.45, 7) is 4.61. The first kappa shape index (κ1) is 15.9. The molecule has 1 heterocycles. The first-order chi connectivity index (χ1) is 10.1. The minimum absolute atomic E-state index is 0.306. The van der Waals surface area contributed by atoms with Crippen LogP contribution in [0.4, 0.5) is 5.69 Å². The summed E-state index contributed by atoms with van der Waals surface area (Å²) in [6.07, 6.45) is 1.77. The van der Waals surface area contributed by atoms with E-state index >= 15 is 0 Å². The molecule has 0 aliphatic rings. The van der Waals surface area contributed by atoms with E-state index < -0.39 is 10.0 Å². The largest absolute Gasteiger partial charge is 0.256 e. The van der Waals surface area contributed by atoms with Crippen molar-refractivity contribution in [3.05, 3.63) is 46.7 Å². The van der Waals surface area contributed by atoms with Crippen LogP contribution in [0.25, 0.3) is 0 Å². The molecule has 21 heavy (non-hydrogen) atoms. The molecule has 0 spiro atoms. The van der Waals surface area contributed by atoms with Crippen LogP contribution >= 0.6 is 11.3 Å². The third-order valence-electron chi connectivity index (χ3n) is 3.09. The lowest BCUT2D eigenvalue weighted by Gasteiger charge is -2.18. The van der Waals surface area contributed by atoms with Gasteiger partial charge >= 0.3 is 0 Å². The Morgan fingerprint density at radius 1 is 1.14 bits per heavy atom. The molecular formula is C15H18N2O2S2. The Kier molecular flexibility index (Phi) is 5.27. The molecule has 0 saturated carbocycles. The summed E-state index contributed by atoms with van der Waals surface area (Å²) in [7, 11) is -3.39. The monoisotopic (exact) mass is 322 g/mol. The zero-order valence-electron chi connectivity index (χ0n) is 12.1. The van der Waals surface area contributed by atoms with Crippen LogP contribution in [0.2, 0.25) is 0 Å². The van der Waals surface area contributed by atoms with E-state index in [0.29, 0.717) is 18.0 Å². The molecule has 4 nitrogen and oxygen atoms in total. The van der Waals surface area contributed by atoms with Gasteiger partial charge in [0, 0.05) is 24.9 Å². The summed E-state index contributed by atoms with van der Waals surface area (Å²) in [4.78, 5) is 4.64. The Morgan fingerprint density at radius 2 is 1.81 bits per heavy atom. The van der Waals surface area contributed by atoms with Crippen molar-refractivity contribution in [1.29, 1.82) is 0 Å². The van der Waals surface area contributed by atoms with E-state index in [4.69, 9.17) is 0 Å². The summed E-state index contributed by atoms with van der Waals surface area (Å²) in [5.41, 5.74) is 1.78. The fourth-order valence-corrected chi connectivity index (χ4v) is 3.98. The second-order valence-corrected chi connectivity index (χ2v) is 7.12. The third-order valence-corrected chi connectivity index (χ3v) is 5.85. The molecule has 0 amide bonds. The number of rotatable bonds is 6. The lowest BCUT2D eigenvalue weighted by molar-refractivity contribution is 0.445. The van der Waals surface area contributed by atoms with Gasteiger partial charge in [0.1, 0.15) is 0 Å². The fourth-order valence-electron chi connectivity index (χ4n) is 1.91. The van der Waals surface area contributed by atoms with Gasteiger partial charge in [-0.05, 0) is 41.1 Å². The molecule has 0 aliphatic carbocycles. The van der Waals surface area contributed by atoms with Gasteiger partial charge in [-0.15, -0.1) is 0 Å². The van der Waals surface area contributed by atoms with E-state index in [1.165, 1.54) is 4.31 Å². The number of hydrogen-bond donors (Lipinski definition) is 0. The smallest absolute Gasteiger partial charge is 0.243 e. The number of nitrogens with zero attached hydrogens (tertiary/aromatic N) is 2. The van der Waals surface area contributed by atoms with Gasteiger partial charge in [-0.3, -0.25) is 4.99 Å². The standard InChI is InChI=1S/C15H18N2O2S2/c1-3-17(4-2)21(18,19)15-7-5-14(6-8-15)16-11-13-9-10-20-12-13/h5-12H,3-4H2,1-2H3. The lowest BCUT2D eigenvalue weighted by Crippen LogP contribution is -2.30. The highest BCUT2D eigenvalue weighted by atomic mass is 32.2. The molecule has 1 aromatic heterocycles. The summed E-state index contributed by atoms with van der Waals surface area (Å²) < 4.78 is 26.1. The van der Waals surface area contributed by atoms with Gasteiger partial charge in [0.05, 0.1) is 10.6 Å². The predicted octanol–water partition coefficient (Wildman–Crippen LogP) is 3.53. The Labute approximate surface area is 129 Å². The average Bonchev–Trinajstić information content (AvgIpc) is 3.00. The molecule has 0 atom stereocenters. The topological polar surface area (TPSA) is 49.7 Å². The van der Waals surface area contributed by atoms with Crippen LogP contribution in [0.5, 0.6) is 0 Å². The van der Waals surface area contributed by atoms with Crippen LogP contribution in [0.15, 0.2) is 51.0 Å². The van der Waals surface area contributed by atoms with E-state index in [1.807, 2.05) is 30.7 Å². The SMILES string of the molecule is CCN(CC)S(=O)(=O)c1ccc(N=Cc2ccsc2)cc1. The number of aliphatic imine (C=N–C) groups is 1. The van der Waals surface area contributed by atoms with Crippen molar-refractivity contribution >= 4 is 33.3 Å². The maximum Gasteiger partial charge on any atom is 0.243 e. The average molecular weight is 322 g/mol. The van der Waals surface area contributed by atoms with E-state index in [-0.39, 0.29) is 0 Å². The highest BCUT2D eigenvalue weighted by Gasteiger charge is 2.20. The number of thiophene rings is 1. The van der Waals surface area contributed by atoms with Crippen molar-refractivity contribution in [1.82, 2.24) is 4.31 Å². The van der Waals surface area contributed by atoms with Crippen molar-refractivity contribution in [3.63, 3.8) is 0 Å². The first-order valence-corrected chi connectivity index (χ1v) is 9.12. The van der Waals surface area contributed by atoms with Gasteiger partial charge in [0.15, 0.2) is 0 Å². The zero-order valence-corrected chi connectivity index (χ0v) is 13.7. The molecule has 2 rings (SSSR count). The second-order valence-electron chi connectivity index (χ2n) is 4.40. The van der Waals surface area contributed by atoms with Crippen molar-refractivity contribution in [3.8, 4) is 0 Å². The molecule has 0 N–H and O–H groups in total. The molecule has 0 aliphatic heterocycles. The molecule has 0 bridgehead atoms. The minimum atomic E-state index is -3.39. The van der Waals surface area contributed by atoms with Gasteiger partial charge in [0.25, 0.3) is 0 Å². The molecule has 0 saturated heterocycles. The zero-order chi connectivity index (χ0) is 15.3. The highest BCUT2D eigenvalue weighted by molar-refractivity contribution is 7.89. The molecule has 0 radical (unpaired) electrons. The highest BCUT2D eigenvalue weighted by Crippen LogP contribution is 2.20. The Hall–Kier alpha value is -1.50. The van der Waals surface area contributed by atoms with Gasteiger partial charge in [0.2, 0.25) is 10.0 Å². The molecule has 2 aromatic rings. The summed E-state index contributed by atoms with van der Waals surface area (Å²) in [5, 5.41) is 3.99. The van der Waals surface area contributed by atoms with Crippen LogP contribution in [0.3, 0.4) is 0 Å². The van der Waals surface area contributed by atoms with Gasteiger partial charge in [-0.25, -0.2) is 8.42 Å². The van der Waals surface area contributed by atoms with Crippen LogP contribution < -0.4 is 0 Å². The second kappa shape index (κ2) is 6.98. The molecule has 6 heteroatoms. The molecule has 112 valence electrons. The quantitative estimate of drug-likeness (QED) is 0.764. The first-order valence-electron chi connectivity index (χ1n) is 6.74. The van der Waals surface area contributed by atoms with Crippen LogP contribution in [-0.4, -0.2) is 32.0 Å². The lowest BCUT2D eigenvalue weighted by atomic mass is 10.3. The summed E-state index contributed by atoms with van der Waals surface area (Å²) in [5.74, 6) is 0. The predicted molar refractivity (Wildman–Crippen MR) is 88.1 cm³/mol. The van der Waals surface area contributed by atoms with Crippen LogP contribution in [0.1, 0.15) is 19.4 Å². The van der Waals surface area contributed by atoms with Gasteiger partial charge in [-0.2, -0.15) is 15.6 Å². The van der Waals surface area contributed by atoms with Crippen molar-refractivity contribution in [2.24, 2.45) is 4.99 Å². The van der Waals surface area contributed by atoms with Gasteiger partial charge in [-0.1, -0.05) is 13.8 Å².